The summed E-state index contributed by atoms with van der Waals surface area (Å²) in [6.45, 7) is 1.32. The van der Waals surface area contributed by atoms with Gasteiger partial charge in [0.15, 0.2) is 0 Å². The Balaban J connectivity index is 2.08. The lowest BCUT2D eigenvalue weighted by atomic mass is 10.4. The van der Waals surface area contributed by atoms with Crippen LogP contribution in [0.25, 0.3) is 9.88 Å². The largest absolute Gasteiger partial charge is 0.289 e. The van der Waals surface area contributed by atoms with Gasteiger partial charge in [-0.2, -0.15) is 0 Å². The highest BCUT2D eigenvalue weighted by Crippen LogP contribution is 2.27. The van der Waals surface area contributed by atoms with Crippen LogP contribution in [0.15, 0.2) is 22.9 Å². The van der Waals surface area contributed by atoms with Crippen LogP contribution >= 0.6 is 22.7 Å². The maximum Gasteiger partial charge on any atom is 0.289 e. The predicted octanol–water partition coefficient (Wildman–Crippen LogP) is 1.65. The van der Waals surface area contributed by atoms with Crippen LogP contribution in [0.4, 0.5) is 0 Å². The molecule has 17 heavy (non-hydrogen) atoms. The van der Waals surface area contributed by atoms with E-state index >= 15 is 0 Å². The molecule has 2 heterocycles. The van der Waals surface area contributed by atoms with Gasteiger partial charge in [0.1, 0.15) is 10.7 Å². The number of thiazole rings is 1. The Hall–Kier alpha value is -1.73. The zero-order valence-electron chi connectivity index (χ0n) is 8.89. The molecular weight excluding hydrogens is 258 g/mol. The third-order valence-corrected chi connectivity index (χ3v) is 3.70. The molecule has 0 unspecified atom stereocenters. The Kier molecular flexibility index (Phi) is 3.50. The summed E-state index contributed by atoms with van der Waals surface area (Å²) in [5, 5.41) is 4.41. The van der Waals surface area contributed by atoms with Gasteiger partial charge in [0.2, 0.25) is 5.91 Å². The van der Waals surface area contributed by atoms with E-state index in [1.807, 2.05) is 17.5 Å². The average Bonchev–Trinajstić information content (AvgIpc) is 2.94. The van der Waals surface area contributed by atoms with Crippen molar-refractivity contribution in [1.29, 1.82) is 0 Å². The number of hydrazine groups is 1. The second-order valence-corrected chi connectivity index (χ2v) is 4.96. The first-order valence-corrected chi connectivity index (χ1v) is 6.49. The number of carbonyl (C=O) groups is 2. The molecule has 0 bridgehead atoms. The number of aromatic nitrogens is 1. The molecular formula is C10H9N3O2S2. The number of thiophene rings is 1. The predicted molar refractivity (Wildman–Crippen MR) is 66.7 cm³/mol. The second kappa shape index (κ2) is 5.07. The number of amides is 2. The molecule has 7 heteroatoms. The Bertz CT molecular complexity index is 534. The molecule has 0 fully saturated rings. The van der Waals surface area contributed by atoms with Crippen molar-refractivity contribution >= 4 is 34.5 Å². The topological polar surface area (TPSA) is 71.1 Å². The summed E-state index contributed by atoms with van der Waals surface area (Å²) in [5.41, 5.74) is 4.78. The van der Waals surface area contributed by atoms with Crippen molar-refractivity contribution in [3.8, 4) is 9.88 Å². The zero-order valence-corrected chi connectivity index (χ0v) is 10.5. The molecule has 0 radical (unpaired) electrons. The van der Waals surface area contributed by atoms with E-state index < -0.39 is 5.91 Å². The lowest BCUT2D eigenvalue weighted by Gasteiger charge is -2.01. The monoisotopic (exact) mass is 267 g/mol. The van der Waals surface area contributed by atoms with Gasteiger partial charge in [-0.3, -0.25) is 20.4 Å². The molecule has 0 aliphatic carbocycles. The van der Waals surface area contributed by atoms with Gasteiger partial charge in [0, 0.05) is 12.3 Å². The number of hydrogen-bond donors (Lipinski definition) is 2. The SMILES string of the molecule is CC(=O)NNC(=O)c1csc(-c2cccs2)n1. The highest BCUT2D eigenvalue weighted by atomic mass is 32.1. The molecule has 0 aromatic carbocycles. The van der Waals surface area contributed by atoms with Crippen LogP contribution in [0.3, 0.4) is 0 Å². The first kappa shape index (κ1) is 11.7. The van der Waals surface area contributed by atoms with Crippen LogP contribution in [0.2, 0.25) is 0 Å². The highest BCUT2D eigenvalue weighted by Gasteiger charge is 2.12. The van der Waals surface area contributed by atoms with E-state index in [0.717, 1.165) is 9.88 Å². The summed E-state index contributed by atoms with van der Waals surface area (Å²) in [7, 11) is 0. The van der Waals surface area contributed by atoms with Crippen molar-refractivity contribution in [1.82, 2.24) is 15.8 Å². The van der Waals surface area contributed by atoms with Gasteiger partial charge in [-0.1, -0.05) is 6.07 Å². The van der Waals surface area contributed by atoms with E-state index in [1.165, 1.54) is 18.3 Å². The van der Waals surface area contributed by atoms with E-state index in [9.17, 15) is 9.59 Å². The Morgan fingerprint density at radius 3 is 2.76 bits per heavy atom. The van der Waals surface area contributed by atoms with Gasteiger partial charge in [-0.15, -0.1) is 22.7 Å². The Morgan fingerprint density at radius 2 is 2.12 bits per heavy atom. The van der Waals surface area contributed by atoms with Crippen LogP contribution in [0.1, 0.15) is 17.4 Å². The summed E-state index contributed by atoms with van der Waals surface area (Å²) in [5.74, 6) is -0.744. The molecule has 0 saturated heterocycles. The van der Waals surface area contributed by atoms with Crippen molar-refractivity contribution in [2.45, 2.75) is 6.92 Å². The summed E-state index contributed by atoms with van der Waals surface area (Å²) >= 11 is 2.96. The average molecular weight is 267 g/mol. The van der Waals surface area contributed by atoms with E-state index in [1.54, 1.807) is 16.7 Å². The van der Waals surface area contributed by atoms with Crippen LogP contribution in [-0.2, 0) is 4.79 Å². The minimum absolute atomic E-state index is 0.298. The molecule has 2 rings (SSSR count). The smallest absolute Gasteiger partial charge is 0.274 e. The first-order valence-electron chi connectivity index (χ1n) is 4.73. The van der Waals surface area contributed by atoms with E-state index in [2.05, 4.69) is 15.8 Å². The van der Waals surface area contributed by atoms with Crippen molar-refractivity contribution in [2.75, 3.05) is 0 Å². The lowest BCUT2D eigenvalue weighted by molar-refractivity contribution is -0.119. The molecule has 2 aromatic rings. The second-order valence-electron chi connectivity index (χ2n) is 3.15. The maximum atomic E-state index is 11.6. The fraction of sp³-hybridized carbons (Fsp3) is 0.100. The van der Waals surface area contributed by atoms with Crippen molar-refractivity contribution in [2.24, 2.45) is 0 Å². The van der Waals surface area contributed by atoms with Crippen molar-refractivity contribution in [3.05, 3.63) is 28.6 Å². The lowest BCUT2D eigenvalue weighted by Crippen LogP contribution is -2.40. The van der Waals surface area contributed by atoms with Crippen LogP contribution in [0, 0.1) is 0 Å². The summed E-state index contributed by atoms with van der Waals surface area (Å²) < 4.78 is 0. The number of carbonyl (C=O) groups excluding carboxylic acids is 2. The van der Waals surface area contributed by atoms with Gasteiger partial charge in [-0.05, 0) is 11.4 Å². The number of rotatable bonds is 2. The van der Waals surface area contributed by atoms with Gasteiger partial charge in [0.25, 0.3) is 5.91 Å². The highest BCUT2D eigenvalue weighted by molar-refractivity contribution is 7.20. The van der Waals surface area contributed by atoms with Crippen molar-refractivity contribution < 1.29 is 9.59 Å². The fourth-order valence-corrected chi connectivity index (χ4v) is 2.71. The molecule has 2 aromatic heterocycles. The van der Waals surface area contributed by atoms with Gasteiger partial charge < -0.3 is 0 Å². The van der Waals surface area contributed by atoms with Gasteiger partial charge in [-0.25, -0.2) is 4.98 Å². The molecule has 0 saturated carbocycles. The standard InChI is InChI=1S/C10H9N3O2S2/c1-6(14)12-13-9(15)7-5-17-10(11-7)8-3-2-4-16-8/h2-5H,1H3,(H,12,14)(H,13,15). The first-order chi connectivity index (χ1) is 8.16. The van der Waals surface area contributed by atoms with Gasteiger partial charge in [0.05, 0.1) is 4.88 Å². The number of hydrogen-bond acceptors (Lipinski definition) is 5. The molecule has 2 N–H and O–H groups in total. The third kappa shape index (κ3) is 2.89. The summed E-state index contributed by atoms with van der Waals surface area (Å²) in [6.07, 6.45) is 0. The third-order valence-electron chi connectivity index (χ3n) is 1.82. The quantitative estimate of drug-likeness (QED) is 0.813. The molecule has 0 aliphatic heterocycles. The summed E-state index contributed by atoms with van der Waals surface area (Å²) in [6, 6.07) is 3.87. The molecule has 2 amide bonds. The minimum Gasteiger partial charge on any atom is -0.274 e. The molecule has 5 nitrogen and oxygen atoms in total. The normalized spacial score (nSPS) is 9.94. The zero-order chi connectivity index (χ0) is 12.3. The van der Waals surface area contributed by atoms with Crippen LogP contribution < -0.4 is 10.9 Å². The maximum absolute atomic E-state index is 11.6. The fourth-order valence-electron chi connectivity index (χ4n) is 1.10. The number of nitrogens with zero attached hydrogens (tertiary/aromatic N) is 1. The summed E-state index contributed by atoms with van der Waals surface area (Å²) in [4.78, 5) is 27.4. The van der Waals surface area contributed by atoms with E-state index in [-0.39, 0.29) is 5.91 Å². The van der Waals surface area contributed by atoms with Crippen molar-refractivity contribution in [3.63, 3.8) is 0 Å². The minimum atomic E-state index is -0.417. The van der Waals surface area contributed by atoms with Crippen LogP contribution in [-0.4, -0.2) is 16.8 Å². The molecule has 0 spiro atoms. The number of nitrogens with one attached hydrogen (secondary N) is 2. The van der Waals surface area contributed by atoms with Crippen LogP contribution in [0.5, 0.6) is 0 Å². The Morgan fingerprint density at radius 1 is 1.29 bits per heavy atom. The van der Waals surface area contributed by atoms with E-state index in [4.69, 9.17) is 0 Å². The molecule has 88 valence electrons. The molecule has 0 atom stereocenters. The van der Waals surface area contributed by atoms with E-state index in [0.29, 0.717) is 5.69 Å². The Labute approximate surface area is 105 Å². The van der Waals surface area contributed by atoms with Gasteiger partial charge >= 0.3 is 0 Å². The molecule has 0 aliphatic rings.